The molecule has 0 bridgehead atoms. The lowest BCUT2D eigenvalue weighted by molar-refractivity contribution is 0.102. The number of carbonyl (C=O) groups excluding carboxylic acids is 1. The Bertz CT molecular complexity index is 1020. The Hall–Kier alpha value is -3.26. The predicted octanol–water partition coefficient (Wildman–Crippen LogP) is 4.88. The number of anilines is 1. The molecular formula is C22H24N2O5S. The number of carbonyl (C=O) groups is 1. The van der Waals surface area contributed by atoms with Gasteiger partial charge in [-0.15, -0.1) is 11.3 Å². The molecule has 0 atom stereocenters. The summed E-state index contributed by atoms with van der Waals surface area (Å²) in [5, 5.41) is 5.23. The van der Waals surface area contributed by atoms with E-state index in [-0.39, 0.29) is 5.91 Å². The van der Waals surface area contributed by atoms with Crippen molar-refractivity contribution in [2.45, 2.75) is 13.8 Å². The van der Waals surface area contributed by atoms with Crippen LogP contribution >= 0.6 is 11.3 Å². The second-order valence-corrected chi connectivity index (χ2v) is 6.92. The van der Waals surface area contributed by atoms with Crippen molar-refractivity contribution in [1.29, 1.82) is 0 Å². The first-order valence-corrected chi connectivity index (χ1v) is 10.4. The molecule has 0 saturated heterocycles. The number of hydrogen-bond donors (Lipinski definition) is 1. The van der Waals surface area contributed by atoms with Gasteiger partial charge in [0.25, 0.3) is 5.91 Å². The molecule has 30 heavy (non-hydrogen) atoms. The monoisotopic (exact) mass is 428 g/mol. The Morgan fingerprint density at radius 3 is 2.53 bits per heavy atom. The number of amides is 1. The zero-order valence-corrected chi connectivity index (χ0v) is 18.2. The third-order valence-corrected chi connectivity index (χ3v) is 5.06. The molecule has 0 spiro atoms. The Labute approximate surface area is 179 Å². The molecule has 158 valence electrons. The van der Waals surface area contributed by atoms with Crippen molar-refractivity contribution in [3.63, 3.8) is 0 Å². The Balaban J connectivity index is 1.87. The van der Waals surface area contributed by atoms with Crippen molar-refractivity contribution in [2.24, 2.45) is 0 Å². The van der Waals surface area contributed by atoms with Crippen LogP contribution in [0.4, 0.5) is 5.69 Å². The number of rotatable bonds is 9. The van der Waals surface area contributed by atoms with E-state index in [0.717, 1.165) is 5.56 Å². The van der Waals surface area contributed by atoms with Crippen LogP contribution in [0, 0.1) is 0 Å². The lowest BCUT2D eigenvalue weighted by Gasteiger charge is -2.13. The number of nitrogens with one attached hydrogen (secondary N) is 1. The molecule has 1 N–H and O–H groups in total. The SMILES string of the molecule is CCOc1ccc(OCC)c(NC(=O)c2csc(-c3cccc(OC)c3OC)n2)c1. The molecule has 2 aromatic carbocycles. The largest absolute Gasteiger partial charge is 0.494 e. The van der Waals surface area contributed by atoms with Gasteiger partial charge >= 0.3 is 0 Å². The van der Waals surface area contributed by atoms with Crippen LogP contribution in [0.15, 0.2) is 41.8 Å². The summed E-state index contributed by atoms with van der Waals surface area (Å²) in [5.41, 5.74) is 1.58. The van der Waals surface area contributed by atoms with E-state index >= 15 is 0 Å². The first-order valence-electron chi connectivity index (χ1n) is 9.49. The normalized spacial score (nSPS) is 10.4. The first kappa shape index (κ1) is 21.4. The summed E-state index contributed by atoms with van der Waals surface area (Å²) in [6.07, 6.45) is 0. The highest BCUT2D eigenvalue weighted by molar-refractivity contribution is 7.13. The second kappa shape index (κ2) is 9.98. The van der Waals surface area contributed by atoms with Crippen LogP contribution in [-0.4, -0.2) is 38.3 Å². The molecule has 3 rings (SSSR count). The van der Waals surface area contributed by atoms with Crippen molar-refractivity contribution in [3.05, 3.63) is 47.5 Å². The molecule has 0 fully saturated rings. The van der Waals surface area contributed by atoms with Crippen molar-refractivity contribution >= 4 is 22.9 Å². The second-order valence-electron chi connectivity index (χ2n) is 6.06. The molecule has 7 nitrogen and oxygen atoms in total. The van der Waals surface area contributed by atoms with Crippen LogP contribution in [-0.2, 0) is 0 Å². The summed E-state index contributed by atoms with van der Waals surface area (Å²) in [6, 6.07) is 10.9. The zero-order valence-electron chi connectivity index (χ0n) is 17.4. The molecular weight excluding hydrogens is 404 g/mol. The van der Waals surface area contributed by atoms with Gasteiger partial charge in [-0.1, -0.05) is 6.07 Å². The summed E-state index contributed by atoms with van der Waals surface area (Å²) in [6.45, 7) is 4.79. The minimum Gasteiger partial charge on any atom is -0.494 e. The zero-order chi connectivity index (χ0) is 21.5. The van der Waals surface area contributed by atoms with Crippen molar-refractivity contribution < 1.29 is 23.7 Å². The van der Waals surface area contributed by atoms with Gasteiger partial charge in [-0.3, -0.25) is 4.79 Å². The van der Waals surface area contributed by atoms with E-state index in [4.69, 9.17) is 18.9 Å². The van der Waals surface area contributed by atoms with Gasteiger partial charge in [-0.05, 0) is 38.1 Å². The maximum absolute atomic E-state index is 12.8. The summed E-state index contributed by atoms with van der Waals surface area (Å²) >= 11 is 1.35. The van der Waals surface area contributed by atoms with Gasteiger partial charge in [-0.2, -0.15) is 0 Å². The molecule has 0 unspecified atom stereocenters. The molecule has 0 aliphatic carbocycles. The molecule has 3 aromatic rings. The summed E-state index contributed by atoms with van der Waals surface area (Å²) in [5.74, 6) is 2.05. The number of benzene rings is 2. The smallest absolute Gasteiger partial charge is 0.275 e. The van der Waals surface area contributed by atoms with Crippen LogP contribution in [0.25, 0.3) is 10.6 Å². The number of para-hydroxylation sites is 1. The molecule has 0 radical (unpaired) electrons. The van der Waals surface area contributed by atoms with Gasteiger partial charge in [0.1, 0.15) is 22.2 Å². The van der Waals surface area contributed by atoms with Crippen LogP contribution in [0.3, 0.4) is 0 Å². The van der Waals surface area contributed by atoms with Crippen LogP contribution in [0.2, 0.25) is 0 Å². The number of aromatic nitrogens is 1. The van der Waals surface area contributed by atoms with Crippen LogP contribution < -0.4 is 24.3 Å². The van der Waals surface area contributed by atoms with E-state index < -0.39 is 0 Å². The molecule has 1 amide bonds. The molecule has 1 heterocycles. The van der Waals surface area contributed by atoms with Crippen LogP contribution in [0.1, 0.15) is 24.3 Å². The fourth-order valence-corrected chi connectivity index (χ4v) is 3.71. The topological polar surface area (TPSA) is 78.9 Å². The first-order chi connectivity index (χ1) is 14.6. The highest BCUT2D eigenvalue weighted by atomic mass is 32.1. The van der Waals surface area contributed by atoms with Crippen molar-refractivity contribution in [1.82, 2.24) is 4.98 Å². The minimum atomic E-state index is -0.339. The third kappa shape index (κ3) is 4.65. The number of ether oxygens (including phenoxy) is 4. The Morgan fingerprint density at radius 2 is 1.83 bits per heavy atom. The molecule has 0 saturated carbocycles. The van der Waals surface area contributed by atoms with E-state index in [1.165, 1.54) is 11.3 Å². The van der Waals surface area contributed by atoms with Gasteiger partial charge in [0.15, 0.2) is 11.5 Å². The average molecular weight is 429 g/mol. The fourth-order valence-electron chi connectivity index (χ4n) is 2.89. The van der Waals surface area contributed by atoms with Gasteiger partial charge < -0.3 is 24.3 Å². The molecule has 8 heteroatoms. The van der Waals surface area contributed by atoms with E-state index in [2.05, 4.69) is 10.3 Å². The van der Waals surface area contributed by atoms with Gasteiger partial charge in [0, 0.05) is 11.4 Å². The van der Waals surface area contributed by atoms with E-state index in [1.807, 2.05) is 32.0 Å². The molecule has 1 aromatic heterocycles. The maximum Gasteiger partial charge on any atom is 0.275 e. The summed E-state index contributed by atoms with van der Waals surface area (Å²) in [7, 11) is 3.15. The standard InChI is InChI=1S/C22H24N2O5S/c1-5-28-14-10-11-18(29-6-2)16(12-14)23-21(25)17-13-30-22(24-17)15-8-7-9-19(26-3)20(15)27-4/h7-13H,5-6H2,1-4H3,(H,23,25). The minimum absolute atomic E-state index is 0.295. The third-order valence-electron chi connectivity index (χ3n) is 4.18. The molecule has 0 aliphatic rings. The number of methoxy groups -OCH3 is 2. The summed E-state index contributed by atoms with van der Waals surface area (Å²) in [4.78, 5) is 17.3. The lowest BCUT2D eigenvalue weighted by atomic mass is 10.2. The van der Waals surface area contributed by atoms with E-state index in [9.17, 15) is 4.79 Å². The Kier molecular flexibility index (Phi) is 7.13. The lowest BCUT2D eigenvalue weighted by Crippen LogP contribution is -2.13. The van der Waals surface area contributed by atoms with Crippen molar-refractivity contribution in [2.75, 3.05) is 32.8 Å². The fraction of sp³-hybridized carbons (Fsp3) is 0.273. The van der Waals surface area contributed by atoms with Crippen molar-refractivity contribution in [3.8, 4) is 33.6 Å². The number of thiazole rings is 1. The van der Waals surface area contributed by atoms with Gasteiger partial charge in [-0.25, -0.2) is 4.98 Å². The van der Waals surface area contributed by atoms with E-state index in [1.54, 1.807) is 37.8 Å². The quantitative estimate of drug-likeness (QED) is 0.523. The highest BCUT2D eigenvalue weighted by Crippen LogP contribution is 2.39. The van der Waals surface area contributed by atoms with E-state index in [0.29, 0.717) is 52.6 Å². The number of hydrogen-bond acceptors (Lipinski definition) is 7. The molecule has 0 aliphatic heterocycles. The Morgan fingerprint density at radius 1 is 1.03 bits per heavy atom. The summed E-state index contributed by atoms with van der Waals surface area (Å²) < 4.78 is 22.0. The highest BCUT2D eigenvalue weighted by Gasteiger charge is 2.18. The maximum atomic E-state index is 12.8. The average Bonchev–Trinajstić information content (AvgIpc) is 3.25. The van der Waals surface area contributed by atoms with Gasteiger partial charge in [0.05, 0.1) is 38.7 Å². The predicted molar refractivity (Wildman–Crippen MR) is 117 cm³/mol. The van der Waals surface area contributed by atoms with Crippen LogP contribution in [0.5, 0.6) is 23.0 Å². The van der Waals surface area contributed by atoms with Gasteiger partial charge in [0.2, 0.25) is 0 Å². The number of nitrogens with zero attached hydrogens (tertiary/aromatic N) is 1.